The van der Waals surface area contributed by atoms with Gasteiger partial charge in [0.2, 0.25) is 0 Å². The number of nitrogens with one attached hydrogen (secondary N) is 1. The molecule has 22 heavy (non-hydrogen) atoms. The molecule has 2 unspecified atom stereocenters. The molecule has 1 aliphatic heterocycles. The molecule has 5 nitrogen and oxygen atoms in total. The Morgan fingerprint density at radius 1 is 1.45 bits per heavy atom. The minimum absolute atomic E-state index is 0.0251. The van der Waals surface area contributed by atoms with Crippen molar-refractivity contribution in [1.29, 1.82) is 0 Å². The molecule has 0 bridgehead atoms. The zero-order valence-corrected chi connectivity index (χ0v) is 14.4. The highest BCUT2D eigenvalue weighted by atomic mass is 79.9. The second kappa shape index (κ2) is 6.69. The molecule has 2 rings (SSSR count). The maximum atomic E-state index is 12.3. The highest BCUT2D eigenvalue weighted by Crippen LogP contribution is 2.30. The molecule has 2 atom stereocenters. The number of hydrogen-bond acceptors (Lipinski definition) is 2. The SMILES string of the molecule is CC(Cc1ccccc1Br)NC(=O)N1CCC(C)(C(=O)O)C1. The number of likely N-dealkylation sites (tertiary alicyclic amines) is 1. The second-order valence-corrected chi connectivity index (χ2v) is 7.04. The van der Waals surface area contributed by atoms with Gasteiger partial charge in [0.15, 0.2) is 0 Å². The van der Waals surface area contributed by atoms with Crippen LogP contribution in [0.15, 0.2) is 28.7 Å². The van der Waals surface area contributed by atoms with Crippen molar-refractivity contribution >= 4 is 27.9 Å². The number of urea groups is 1. The Balaban J connectivity index is 1.90. The standard InChI is InChI=1S/C16H21BrN2O3/c1-11(9-12-5-3-4-6-13(12)17)18-15(22)19-8-7-16(2,10-19)14(20)21/h3-6,11H,7-10H2,1-2H3,(H,18,22)(H,20,21). The summed E-state index contributed by atoms with van der Waals surface area (Å²) in [7, 11) is 0. The number of benzene rings is 1. The molecule has 2 amide bonds. The van der Waals surface area contributed by atoms with Crippen LogP contribution in [0.5, 0.6) is 0 Å². The van der Waals surface area contributed by atoms with Gasteiger partial charge < -0.3 is 15.3 Å². The number of carboxylic acid groups (broad SMARTS) is 1. The summed E-state index contributed by atoms with van der Waals surface area (Å²) >= 11 is 3.50. The molecule has 1 fully saturated rings. The fraction of sp³-hybridized carbons (Fsp3) is 0.500. The number of carboxylic acids is 1. The number of aliphatic carboxylic acids is 1. The summed E-state index contributed by atoms with van der Waals surface area (Å²) in [5.74, 6) is -0.843. The van der Waals surface area contributed by atoms with Gasteiger partial charge in [-0.05, 0) is 38.3 Å². The van der Waals surface area contributed by atoms with Gasteiger partial charge in [-0.25, -0.2) is 4.79 Å². The number of carbonyl (C=O) groups excluding carboxylic acids is 1. The molecule has 120 valence electrons. The first kappa shape index (κ1) is 16.8. The van der Waals surface area contributed by atoms with E-state index in [2.05, 4.69) is 21.2 Å². The van der Waals surface area contributed by atoms with Crippen LogP contribution in [0, 0.1) is 5.41 Å². The maximum Gasteiger partial charge on any atom is 0.317 e. The van der Waals surface area contributed by atoms with Crippen LogP contribution >= 0.6 is 15.9 Å². The number of amides is 2. The van der Waals surface area contributed by atoms with Crippen LogP contribution in [-0.2, 0) is 11.2 Å². The van der Waals surface area contributed by atoms with E-state index in [-0.39, 0.29) is 18.6 Å². The zero-order chi connectivity index (χ0) is 16.3. The predicted molar refractivity (Wildman–Crippen MR) is 87.8 cm³/mol. The van der Waals surface area contributed by atoms with Crippen LogP contribution in [0.4, 0.5) is 4.79 Å². The molecule has 1 aliphatic rings. The summed E-state index contributed by atoms with van der Waals surface area (Å²) in [6.07, 6.45) is 1.21. The van der Waals surface area contributed by atoms with E-state index in [4.69, 9.17) is 0 Å². The third-order valence-electron chi connectivity index (χ3n) is 4.13. The minimum atomic E-state index is -0.843. The topological polar surface area (TPSA) is 69.6 Å². The molecule has 2 N–H and O–H groups in total. The number of rotatable bonds is 4. The molecule has 0 aliphatic carbocycles. The Kier molecular flexibility index (Phi) is 5.11. The Labute approximate surface area is 138 Å². The Bertz CT molecular complexity index is 578. The smallest absolute Gasteiger partial charge is 0.317 e. The molecule has 0 saturated carbocycles. The Morgan fingerprint density at radius 3 is 2.73 bits per heavy atom. The highest BCUT2D eigenvalue weighted by molar-refractivity contribution is 9.10. The van der Waals surface area contributed by atoms with Crippen molar-refractivity contribution in [1.82, 2.24) is 10.2 Å². The largest absolute Gasteiger partial charge is 0.481 e. The van der Waals surface area contributed by atoms with Crippen LogP contribution in [0.25, 0.3) is 0 Å². The quantitative estimate of drug-likeness (QED) is 0.858. The highest BCUT2D eigenvalue weighted by Gasteiger charge is 2.42. The third-order valence-corrected chi connectivity index (χ3v) is 4.90. The Morgan fingerprint density at radius 2 is 2.14 bits per heavy atom. The van der Waals surface area contributed by atoms with Gasteiger partial charge in [-0.15, -0.1) is 0 Å². The number of halogens is 1. The van der Waals surface area contributed by atoms with E-state index in [0.717, 1.165) is 16.5 Å². The van der Waals surface area contributed by atoms with Gasteiger partial charge >= 0.3 is 12.0 Å². The van der Waals surface area contributed by atoms with Crippen molar-refractivity contribution in [3.8, 4) is 0 Å². The first-order valence-corrected chi connectivity index (χ1v) is 8.13. The van der Waals surface area contributed by atoms with Crippen molar-refractivity contribution < 1.29 is 14.7 Å². The van der Waals surface area contributed by atoms with E-state index < -0.39 is 11.4 Å². The van der Waals surface area contributed by atoms with Crippen molar-refractivity contribution in [2.45, 2.75) is 32.7 Å². The lowest BCUT2D eigenvalue weighted by atomic mass is 9.90. The van der Waals surface area contributed by atoms with Crippen LogP contribution < -0.4 is 5.32 Å². The summed E-state index contributed by atoms with van der Waals surface area (Å²) < 4.78 is 1.02. The number of carbonyl (C=O) groups is 2. The lowest BCUT2D eigenvalue weighted by Gasteiger charge is -2.23. The van der Waals surface area contributed by atoms with E-state index in [1.165, 1.54) is 0 Å². The van der Waals surface area contributed by atoms with E-state index in [1.54, 1.807) is 11.8 Å². The third kappa shape index (κ3) is 3.80. The lowest BCUT2D eigenvalue weighted by molar-refractivity contribution is -0.146. The molecule has 1 heterocycles. The van der Waals surface area contributed by atoms with Gasteiger partial charge in [-0.1, -0.05) is 34.1 Å². The summed E-state index contributed by atoms with van der Waals surface area (Å²) in [6, 6.07) is 7.70. The normalized spacial score (nSPS) is 22.4. The summed E-state index contributed by atoms with van der Waals surface area (Å²) in [6.45, 7) is 4.38. The van der Waals surface area contributed by atoms with Crippen molar-refractivity contribution in [3.05, 3.63) is 34.3 Å². The van der Waals surface area contributed by atoms with Crippen molar-refractivity contribution in [2.24, 2.45) is 5.41 Å². The maximum absolute atomic E-state index is 12.3. The molecule has 1 aromatic carbocycles. The van der Waals surface area contributed by atoms with E-state index in [9.17, 15) is 14.7 Å². The average molecular weight is 369 g/mol. The summed E-state index contributed by atoms with van der Waals surface area (Å²) in [4.78, 5) is 25.1. The van der Waals surface area contributed by atoms with E-state index in [0.29, 0.717) is 13.0 Å². The van der Waals surface area contributed by atoms with Gasteiger partial charge in [-0.3, -0.25) is 4.79 Å². The summed E-state index contributed by atoms with van der Waals surface area (Å²) in [5, 5.41) is 12.2. The minimum Gasteiger partial charge on any atom is -0.481 e. The van der Waals surface area contributed by atoms with Gasteiger partial charge in [0, 0.05) is 23.6 Å². The van der Waals surface area contributed by atoms with Crippen LogP contribution in [0.3, 0.4) is 0 Å². The van der Waals surface area contributed by atoms with Crippen molar-refractivity contribution in [2.75, 3.05) is 13.1 Å². The van der Waals surface area contributed by atoms with Gasteiger partial charge in [0.05, 0.1) is 5.41 Å². The Hall–Kier alpha value is -1.56. The molecule has 6 heteroatoms. The predicted octanol–water partition coefficient (Wildman–Crippen LogP) is 2.89. The van der Waals surface area contributed by atoms with Crippen molar-refractivity contribution in [3.63, 3.8) is 0 Å². The molecular weight excluding hydrogens is 348 g/mol. The van der Waals surface area contributed by atoms with Crippen LogP contribution in [0.2, 0.25) is 0 Å². The average Bonchev–Trinajstić information content (AvgIpc) is 2.85. The second-order valence-electron chi connectivity index (χ2n) is 6.18. The van der Waals surface area contributed by atoms with Gasteiger partial charge in [-0.2, -0.15) is 0 Å². The fourth-order valence-corrected chi connectivity index (χ4v) is 3.10. The van der Waals surface area contributed by atoms with E-state index >= 15 is 0 Å². The molecule has 1 saturated heterocycles. The summed E-state index contributed by atoms with van der Waals surface area (Å²) in [5.41, 5.74) is 0.301. The zero-order valence-electron chi connectivity index (χ0n) is 12.8. The first-order chi connectivity index (χ1) is 10.3. The molecule has 0 spiro atoms. The fourth-order valence-electron chi connectivity index (χ4n) is 2.66. The monoisotopic (exact) mass is 368 g/mol. The van der Waals surface area contributed by atoms with E-state index in [1.807, 2.05) is 31.2 Å². The molecule has 1 aromatic rings. The van der Waals surface area contributed by atoms with Crippen LogP contribution in [-0.4, -0.2) is 41.1 Å². The van der Waals surface area contributed by atoms with Gasteiger partial charge in [0.1, 0.15) is 0 Å². The number of hydrogen-bond donors (Lipinski definition) is 2. The molecular formula is C16H21BrN2O3. The van der Waals surface area contributed by atoms with Gasteiger partial charge in [0.25, 0.3) is 0 Å². The molecule has 0 radical (unpaired) electrons. The molecule has 0 aromatic heterocycles. The van der Waals surface area contributed by atoms with Crippen LogP contribution in [0.1, 0.15) is 25.8 Å². The number of nitrogens with zero attached hydrogens (tertiary/aromatic N) is 1. The lowest BCUT2D eigenvalue weighted by Crippen LogP contribution is -2.44. The first-order valence-electron chi connectivity index (χ1n) is 7.34.